The summed E-state index contributed by atoms with van der Waals surface area (Å²) in [5.74, 6) is -0.276. The molecule has 0 saturated carbocycles. The van der Waals surface area contributed by atoms with E-state index in [1.165, 1.54) is 28.6 Å². The molecule has 6 rings (SSSR count). The molecule has 11 heteroatoms. The molecular weight excluding hydrogens is 584 g/mol. The Balaban J connectivity index is 1.20. The van der Waals surface area contributed by atoms with Crippen molar-refractivity contribution in [1.29, 1.82) is 0 Å². The number of rotatable bonds is 6. The van der Waals surface area contributed by atoms with E-state index in [1.807, 2.05) is 0 Å². The summed E-state index contributed by atoms with van der Waals surface area (Å²) in [5, 5.41) is 0.0797. The minimum Gasteiger partial charge on any atom is -0.495 e. The van der Waals surface area contributed by atoms with E-state index in [9.17, 15) is 22.0 Å². The molecule has 1 amide bonds. The Morgan fingerprint density at radius 3 is 2.14 bits per heavy atom. The SMILES string of the molecule is COc1ccc(S(=O)(=O)N2CCC(c3ccc(F)cc3)CC2)cc1N1C2CCC1CN(C(=O)c1ccc(F)cc1Cl)C2. The summed E-state index contributed by atoms with van der Waals surface area (Å²) >= 11 is 6.18. The van der Waals surface area contributed by atoms with Gasteiger partial charge in [0.2, 0.25) is 10.0 Å². The zero-order valence-electron chi connectivity index (χ0n) is 23.2. The highest BCUT2D eigenvalue weighted by atomic mass is 35.5. The van der Waals surface area contributed by atoms with E-state index in [1.54, 1.807) is 42.3 Å². The maximum Gasteiger partial charge on any atom is 0.255 e. The van der Waals surface area contributed by atoms with Crippen LogP contribution < -0.4 is 9.64 Å². The average molecular weight is 616 g/mol. The summed E-state index contributed by atoms with van der Waals surface area (Å²) in [4.78, 5) is 17.4. The first-order valence-electron chi connectivity index (χ1n) is 14.1. The number of amides is 1. The van der Waals surface area contributed by atoms with Crippen molar-refractivity contribution >= 4 is 33.2 Å². The Labute approximate surface area is 249 Å². The Hall–Kier alpha value is -3.21. The number of carbonyl (C=O) groups is 1. The number of halogens is 3. The standard InChI is InChI=1S/C31H32ClF2N3O4S/c1-41-30-11-9-26(42(39,40)36-14-12-21(13-15-36)20-2-4-22(33)5-3-20)17-29(30)37-24-7-8-25(37)19-35(18-24)31(38)27-10-6-23(34)16-28(27)32/h2-6,9-11,16-17,21,24-25H,7-8,12-15,18-19H2,1H3. The summed E-state index contributed by atoms with van der Waals surface area (Å²) in [6.45, 7) is 1.62. The Morgan fingerprint density at radius 2 is 1.52 bits per heavy atom. The molecule has 2 bridgehead atoms. The molecule has 3 aliphatic heterocycles. The van der Waals surface area contributed by atoms with E-state index in [2.05, 4.69) is 4.90 Å². The number of nitrogens with zero attached hydrogens (tertiary/aromatic N) is 3. The lowest BCUT2D eigenvalue weighted by atomic mass is 9.90. The maximum atomic E-state index is 13.8. The molecule has 3 aliphatic rings. The fourth-order valence-corrected chi connectivity index (χ4v) is 8.38. The number of anilines is 1. The maximum absolute atomic E-state index is 13.8. The van der Waals surface area contributed by atoms with Gasteiger partial charge < -0.3 is 14.5 Å². The van der Waals surface area contributed by atoms with Crippen LogP contribution in [0.2, 0.25) is 5.02 Å². The zero-order valence-corrected chi connectivity index (χ0v) is 24.8. The molecule has 3 heterocycles. The summed E-state index contributed by atoms with van der Waals surface area (Å²) in [5.41, 5.74) is 1.98. The lowest BCUT2D eigenvalue weighted by Crippen LogP contribution is -2.55. The second-order valence-electron chi connectivity index (χ2n) is 11.2. The first-order chi connectivity index (χ1) is 20.2. The molecule has 0 aromatic heterocycles. The van der Waals surface area contributed by atoms with Crippen molar-refractivity contribution in [2.45, 2.75) is 48.6 Å². The van der Waals surface area contributed by atoms with Gasteiger partial charge in [-0.15, -0.1) is 0 Å². The van der Waals surface area contributed by atoms with Crippen LogP contribution in [0.25, 0.3) is 0 Å². The smallest absolute Gasteiger partial charge is 0.255 e. The second kappa shape index (κ2) is 11.5. The third-order valence-electron chi connectivity index (χ3n) is 8.79. The highest BCUT2D eigenvalue weighted by Crippen LogP contribution is 2.42. The largest absolute Gasteiger partial charge is 0.495 e. The Bertz CT molecular complexity index is 1580. The van der Waals surface area contributed by atoms with Crippen molar-refractivity contribution in [3.8, 4) is 5.75 Å². The Morgan fingerprint density at radius 1 is 0.881 bits per heavy atom. The fraction of sp³-hybridized carbons (Fsp3) is 0.387. The molecule has 3 aromatic carbocycles. The summed E-state index contributed by atoms with van der Waals surface area (Å²) in [6.07, 6.45) is 2.99. The quantitative estimate of drug-likeness (QED) is 0.356. The highest BCUT2D eigenvalue weighted by molar-refractivity contribution is 7.89. The van der Waals surface area contributed by atoms with E-state index < -0.39 is 15.8 Å². The number of fused-ring (bicyclic) bond motifs is 2. The number of carbonyl (C=O) groups excluding carboxylic acids is 1. The molecular formula is C31H32ClF2N3O4S. The molecule has 2 atom stereocenters. The van der Waals surface area contributed by atoms with Gasteiger partial charge in [0.1, 0.15) is 17.4 Å². The molecule has 0 spiro atoms. The molecule has 0 N–H and O–H groups in total. The van der Waals surface area contributed by atoms with Gasteiger partial charge in [-0.05, 0) is 85.7 Å². The summed E-state index contributed by atoms with van der Waals surface area (Å²) < 4.78 is 61.6. The number of methoxy groups -OCH3 is 1. The van der Waals surface area contributed by atoms with Crippen molar-refractivity contribution < 1.29 is 26.7 Å². The van der Waals surface area contributed by atoms with Crippen molar-refractivity contribution in [3.63, 3.8) is 0 Å². The van der Waals surface area contributed by atoms with E-state index >= 15 is 0 Å². The van der Waals surface area contributed by atoms with Gasteiger partial charge in [-0.25, -0.2) is 17.2 Å². The van der Waals surface area contributed by atoms with Gasteiger partial charge in [-0.2, -0.15) is 4.31 Å². The van der Waals surface area contributed by atoms with E-state index in [0.29, 0.717) is 50.5 Å². The van der Waals surface area contributed by atoms with Crippen molar-refractivity contribution in [3.05, 3.63) is 88.4 Å². The normalized spacial score (nSPS) is 21.5. The molecule has 3 saturated heterocycles. The minimum absolute atomic E-state index is 0.0368. The van der Waals surface area contributed by atoms with Gasteiger partial charge in [-0.1, -0.05) is 23.7 Å². The van der Waals surface area contributed by atoms with Gasteiger partial charge in [0.15, 0.2) is 0 Å². The first kappa shape index (κ1) is 28.9. The topological polar surface area (TPSA) is 70.2 Å². The molecule has 7 nitrogen and oxygen atoms in total. The molecule has 0 aliphatic carbocycles. The van der Waals surface area contributed by atoms with Crippen LogP contribution >= 0.6 is 11.6 Å². The Kier molecular flexibility index (Phi) is 7.89. The van der Waals surface area contributed by atoms with Crippen LogP contribution in [0.5, 0.6) is 5.75 Å². The van der Waals surface area contributed by atoms with Crippen molar-refractivity contribution in [1.82, 2.24) is 9.21 Å². The number of hydrogen-bond acceptors (Lipinski definition) is 5. The predicted octanol–water partition coefficient (Wildman–Crippen LogP) is 5.69. The van der Waals surface area contributed by atoms with Crippen LogP contribution in [0.1, 0.15) is 47.5 Å². The minimum atomic E-state index is -3.76. The van der Waals surface area contributed by atoms with Crippen LogP contribution in [-0.4, -0.2) is 68.9 Å². The van der Waals surface area contributed by atoms with E-state index in [-0.39, 0.29) is 45.2 Å². The second-order valence-corrected chi connectivity index (χ2v) is 13.5. The van der Waals surface area contributed by atoms with Crippen molar-refractivity contribution in [2.75, 3.05) is 38.2 Å². The van der Waals surface area contributed by atoms with Gasteiger partial charge in [-0.3, -0.25) is 4.79 Å². The van der Waals surface area contributed by atoms with Crippen LogP contribution in [-0.2, 0) is 10.0 Å². The van der Waals surface area contributed by atoms with Crippen LogP contribution in [0.3, 0.4) is 0 Å². The monoisotopic (exact) mass is 615 g/mol. The molecule has 3 aromatic rings. The van der Waals surface area contributed by atoms with Gasteiger partial charge in [0, 0.05) is 38.3 Å². The predicted molar refractivity (Wildman–Crippen MR) is 157 cm³/mol. The third-order valence-corrected chi connectivity index (χ3v) is 11.0. The average Bonchev–Trinajstić information content (AvgIpc) is 3.25. The number of likely N-dealkylation sites (tertiary alicyclic amines) is 1. The first-order valence-corrected chi connectivity index (χ1v) is 15.9. The number of piperidine rings is 1. The molecule has 42 heavy (non-hydrogen) atoms. The molecule has 3 fully saturated rings. The van der Waals surface area contributed by atoms with Gasteiger partial charge in [0.05, 0.1) is 28.3 Å². The number of ether oxygens (including phenoxy) is 1. The van der Waals surface area contributed by atoms with Gasteiger partial charge in [0.25, 0.3) is 5.91 Å². The van der Waals surface area contributed by atoms with Crippen LogP contribution in [0.15, 0.2) is 65.6 Å². The zero-order chi connectivity index (χ0) is 29.6. The highest BCUT2D eigenvalue weighted by Gasteiger charge is 2.43. The number of piperazine rings is 1. The lowest BCUT2D eigenvalue weighted by Gasteiger charge is -2.43. The van der Waals surface area contributed by atoms with Crippen LogP contribution in [0, 0.1) is 11.6 Å². The molecule has 0 radical (unpaired) electrons. The third kappa shape index (κ3) is 5.36. The fourth-order valence-electron chi connectivity index (χ4n) is 6.64. The van der Waals surface area contributed by atoms with Gasteiger partial charge >= 0.3 is 0 Å². The lowest BCUT2D eigenvalue weighted by molar-refractivity contribution is 0.0718. The number of sulfonamides is 1. The summed E-state index contributed by atoms with van der Waals surface area (Å²) in [7, 11) is -2.20. The number of benzene rings is 3. The molecule has 222 valence electrons. The van der Waals surface area contributed by atoms with Crippen LogP contribution in [0.4, 0.5) is 14.5 Å². The molecule has 2 unspecified atom stereocenters. The van der Waals surface area contributed by atoms with Crippen molar-refractivity contribution in [2.24, 2.45) is 0 Å². The number of hydrogen-bond donors (Lipinski definition) is 0. The van der Waals surface area contributed by atoms with E-state index in [4.69, 9.17) is 16.3 Å². The van der Waals surface area contributed by atoms with E-state index in [0.717, 1.165) is 24.5 Å². The summed E-state index contributed by atoms with van der Waals surface area (Å²) in [6, 6.07) is 15.1.